The molecule has 0 saturated carbocycles. The topological polar surface area (TPSA) is 72.1 Å². The lowest BCUT2D eigenvalue weighted by Crippen LogP contribution is -2.31. The summed E-state index contributed by atoms with van der Waals surface area (Å²) >= 11 is 1.45. The van der Waals surface area contributed by atoms with Crippen molar-refractivity contribution in [2.45, 2.75) is 19.4 Å². The predicted octanol–water partition coefficient (Wildman–Crippen LogP) is 4.64. The van der Waals surface area contributed by atoms with E-state index >= 15 is 0 Å². The van der Waals surface area contributed by atoms with Gasteiger partial charge in [-0.25, -0.2) is 8.78 Å². The second-order valence-electron chi connectivity index (χ2n) is 6.38. The van der Waals surface area contributed by atoms with E-state index in [4.69, 9.17) is 4.52 Å². The summed E-state index contributed by atoms with van der Waals surface area (Å²) in [5, 5.41) is 5.75. The van der Waals surface area contributed by atoms with Crippen molar-refractivity contribution in [2.75, 3.05) is 4.90 Å². The number of aryl methyl sites for hydroxylation is 1. The third kappa shape index (κ3) is 4.57. The zero-order chi connectivity index (χ0) is 20.9. The van der Waals surface area contributed by atoms with Gasteiger partial charge in [-0.05, 0) is 35.7 Å². The Labute approximate surface area is 174 Å². The summed E-state index contributed by atoms with van der Waals surface area (Å²) in [6, 6.07) is 12.2. The number of aromatic nitrogens is 3. The molecule has 4 rings (SSSR count). The highest BCUT2D eigenvalue weighted by molar-refractivity contribution is 7.09. The summed E-state index contributed by atoms with van der Waals surface area (Å²) in [7, 11) is 0. The third-order valence-electron chi connectivity index (χ3n) is 4.31. The molecule has 0 saturated heterocycles. The second-order valence-corrected chi connectivity index (χ2v) is 7.41. The molecule has 0 fully saturated rings. The molecule has 0 N–H and O–H groups in total. The summed E-state index contributed by atoms with van der Waals surface area (Å²) in [6.07, 6.45) is 1.82. The average Bonchev–Trinajstić information content (AvgIpc) is 3.43. The van der Waals surface area contributed by atoms with Crippen LogP contribution in [0, 0.1) is 11.6 Å². The minimum Gasteiger partial charge on any atom is -0.339 e. The largest absolute Gasteiger partial charge is 0.339 e. The number of nitrogens with zero attached hydrogens (tertiary/aromatic N) is 4. The Morgan fingerprint density at radius 1 is 1.13 bits per heavy atom. The molecule has 0 aliphatic heterocycles. The molecule has 0 radical (unpaired) electrons. The van der Waals surface area contributed by atoms with Crippen LogP contribution in [-0.4, -0.2) is 21.0 Å². The fourth-order valence-electron chi connectivity index (χ4n) is 2.87. The molecule has 0 aliphatic rings. The molecular formula is C21H16F2N4O2S. The van der Waals surface area contributed by atoms with Crippen molar-refractivity contribution >= 4 is 22.9 Å². The number of carbonyl (C=O) groups is 1. The van der Waals surface area contributed by atoms with E-state index in [-0.39, 0.29) is 36.9 Å². The van der Waals surface area contributed by atoms with Gasteiger partial charge in [-0.2, -0.15) is 4.98 Å². The first kappa shape index (κ1) is 19.8. The number of hydrogen-bond acceptors (Lipinski definition) is 6. The van der Waals surface area contributed by atoms with E-state index < -0.39 is 11.6 Å². The molecule has 152 valence electrons. The molecule has 0 aliphatic carbocycles. The van der Waals surface area contributed by atoms with Crippen LogP contribution in [0.25, 0.3) is 11.5 Å². The van der Waals surface area contributed by atoms with E-state index in [1.54, 1.807) is 18.3 Å². The first-order valence-electron chi connectivity index (χ1n) is 9.12. The van der Waals surface area contributed by atoms with Gasteiger partial charge in [-0.1, -0.05) is 17.3 Å². The molecule has 9 heteroatoms. The molecule has 0 unspecified atom stereocenters. The Bertz CT molecular complexity index is 1130. The van der Waals surface area contributed by atoms with Gasteiger partial charge in [-0.3, -0.25) is 9.78 Å². The minimum atomic E-state index is -0.796. The van der Waals surface area contributed by atoms with Crippen LogP contribution in [0.1, 0.15) is 17.2 Å². The number of benzene rings is 1. The van der Waals surface area contributed by atoms with Crippen molar-refractivity contribution in [2.24, 2.45) is 0 Å². The van der Waals surface area contributed by atoms with Crippen molar-refractivity contribution < 1.29 is 18.1 Å². The Morgan fingerprint density at radius 2 is 2.03 bits per heavy atom. The molecule has 3 heterocycles. The number of thiophene rings is 1. The van der Waals surface area contributed by atoms with E-state index in [9.17, 15) is 13.6 Å². The normalized spacial score (nSPS) is 10.9. The Kier molecular flexibility index (Phi) is 5.89. The monoisotopic (exact) mass is 426 g/mol. The zero-order valence-electron chi connectivity index (χ0n) is 15.7. The molecule has 0 spiro atoms. The van der Waals surface area contributed by atoms with Crippen molar-refractivity contribution in [3.8, 4) is 11.5 Å². The number of halogens is 2. The van der Waals surface area contributed by atoms with Gasteiger partial charge in [-0.15, -0.1) is 11.3 Å². The van der Waals surface area contributed by atoms with Gasteiger partial charge in [0.1, 0.15) is 17.3 Å². The summed E-state index contributed by atoms with van der Waals surface area (Å²) in [5.74, 6) is -1.23. The van der Waals surface area contributed by atoms with Crippen LogP contribution >= 0.6 is 11.3 Å². The molecule has 1 amide bonds. The van der Waals surface area contributed by atoms with Crippen molar-refractivity contribution in [1.82, 2.24) is 15.1 Å². The number of amides is 1. The Morgan fingerprint density at radius 3 is 2.77 bits per heavy atom. The second kappa shape index (κ2) is 8.91. The zero-order valence-corrected chi connectivity index (χ0v) is 16.5. The highest BCUT2D eigenvalue weighted by Crippen LogP contribution is 2.25. The number of hydrogen-bond donors (Lipinski definition) is 0. The quantitative estimate of drug-likeness (QED) is 0.431. The van der Waals surface area contributed by atoms with Gasteiger partial charge < -0.3 is 9.42 Å². The molecule has 3 aromatic heterocycles. The SMILES string of the molecule is O=C(CCc1nc(-c2ccccn2)no1)N(Cc1cccs1)c1ccc(F)cc1F. The van der Waals surface area contributed by atoms with Crippen LogP contribution in [0.4, 0.5) is 14.5 Å². The van der Waals surface area contributed by atoms with Gasteiger partial charge in [0.2, 0.25) is 17.6 Å². The van der Waals surface area contributed by atoms with E-state index in [1.807, 2.05) is 23.6 Å². The van der Waals surface area contributed by atoms with Crippen LogP contribution in [0.5, 0.6) is 0 Å². The predicted molar refractivity (Wildman–Crippen MR) is 108 cm³/mol. The number of carbonyl (C=O) groups excluding carboxylic acids is 1. The minimum absolute atomic E-state index is 0.0199. The maximum Gasteiger partial charge on any atom is 0.227 e. The molecule has 0 atom stereocenters. The first-order chi connectivity index (χ1) is 14.6. The van der Waals surface area contributed by atoms with Crippen LogP contribution in [0.2, 0.25) is 0 Å². The van der Waals surface area contributed by atoms with Crippen LogP contribution in [-0.2, 0) is 17.8 Å². The summed E-state index contributed by atoms with van der Waals surface area (Å²) in [5.41, 5.74) is 0.584. The molecule has 6 nitrogen and oxygen atoms in total. The van der Waals surface area contributed by atoms with Gasteiger partial charge in [0.05, 0.1) is 12.2 Å². The highest BCUT2D eigenvalue weighted by atomic mass is 32.1. The molecule has 0 bridgehead atoms. The van der Waals surface area contributed by atoms with Gasteiger partial charge in [0.15, 0.2) is 0 Å². The number of anilines is 1. The van der Waals surface area contributed by atoms with Crippen molar-refractivity contribution in [3.63, 3.8) is 0 Å². The summed E-state index contributed by atoms with van der Waals surface area (Å²) in [6.45, 7) is 0.183. The van der Waals surface area contributed by atoms with Gasteiger partial charge in [0, 0.05) is 30.0 Å². The number of rotatable bonds is 7. The van der Waals surface area contributed by atoms with Crippen molar-refractivity contribution in [3.05, 3.63) is 82.5 Å². The molecule has 4 aromatic rings. The third-order valence-corrected chi connectivity index (χ3v) is 5.17. The maximum atomic E-state index is 14.4. The van der Waals surface area contributed by atoms with Crippen molar-refractivity contribution in [1.29, 1.82) is 0 Å². The van der Waals surface area contributed by atoms with Crippen LogP contribution in [0.15, 0.2) is 64.6 Å². The smallest absolute Gasteiger partial charge is 0.227 e. The average molecular weight is 426 g/mol. The lowest BCUT2D eigenvalue weighted by molar-refractivity contribution is -0.118. The maximum absolute atomic E-state index is 14.4. The van der Waals surface area contributed by atoms with Crippen LogP contribution in [0.3, 0.4) is 0 Å². The fourth-order valence-corrected chi connectivity index (χ4v) is 3.56. The first-order valence-corrected chi connectivity index (χ1v) is 10.00. The Balaban J connectivity index is 1.50. The van der Waals surface area contributed by atoms with Gasteiger partial charge in [0.25, 0.3) is 0 Å². The van der Waals surface area contributed by atoms with E-state index in [1.165, 1.54) is 22.3 Å². The van der Waals surface area contributed by atoms with E-state index in [0.29, 0.717) is 11.5 Å². The summed E-state index contributed by atoms with van der Waals surface area (Å²) < 4.78 is 32.9. The van der Waals surface area contributed by atoms with E-state index in [2.05, 4.69) is 15.1 Å². The fraction of sp³-hybridized carbons (Fsp3) is 0.143. The van der Waals surface area contributed by atoms with E-state index in [0.717, 1.165) is 17.0 Å². The Hall–Kier alpha value is -3.46. The summed E-state index contributed by atoms with van der Waals surface area (Å²) in [4.78, 5) is 23.5. The molecule has 1 aromatic carbocycles. The van der Waals surface area contributed by atoms with Crippen LogP contribution < -0.4 is 4.90 Å². The standard InChI is InChI=1S/C21H16F2N4O2S/c22-14-6-7-18(16(23)12-14)27(13-15-4-3-11-30-15)20(28)9-8-19-25-21(26-29-19)17-5-1-2-10-24-17/h1-7,10-12H,8-9,13H2. The molecular weight excluding hydrogens is 410 g/mol. The highest BCUT2D eigenvalue weighted by Gasteiger charge is 2.21. The lowest BCUT2D eigenvalue weighted by atomic mass is 10.2. The van der Waals surface area contributed by atoms with Gasteiger partial charge >= 0.3 is 0 Å². The molecule has 30 heavy (non-hydrogen) atoms. The number of pyridine rings is 1. The lowest BCUT2D eigenvalue weighted by Gasteiger charge is -2.22.